The van der Waals surface area contributed by atoms with Crippen molar-refractivity contribution in [2.24, 2.45) is 4.99 Å². The van der Waals surface area contributed by atoms with Crippen LogP contribution in [0.25, 0.3) is 11.3 Å². The maximum absolute atomic E-state index is 15.0. The number of amidine groups is 1. The number of aromatic nitrogens is 1. The van der Waals surface area contributed by atoms with Crippen LogP contribution in [0.2, 0.25) is 5.02 Å². The number of benzene rings is 2. The van der Waals surface area contributed by atoms with Gasteiger partial charge in [0.1, 0.15) is 24.6 Å². The number of amides is 1. The van der Waals surface area contributed by atoms with Crippen LogP contribution in [0.15, 0.2) is 84.6 Å². The molecule has 0 saturated carbocycles. The average Bonchev–Trinajstić information content (AvgIpc) is 2.93. The topological polar surface area (TPSA) is 69.1 Å². The second-order valence-corrected chi connectivity index (χ2v) is 14.3. The summed E-state index contributed by atoms with van der Waals surface area (Å²) in [5.41, 5.74) is 1.80. The Morgan fingerprint density at radius 3 is 2.44 bits per heavy atom. The van der Waals surface area contributed by atoms with Crippen LogP contribution in [0.3, 0.4) is 0 Å². The number of carbonyl (C=O) groups is 1. The van der Waals surface area contributed by atoms with Crippen molar-refractivity contribution in [1.29, 1.82) is 0 Å². The molecule has 0 aliphatic carbocycles. The Labute approximate surface area is 245 Å². The van der Waals surface area contributed by atoms with E-state index in [0.29, 0.717) is 47.1 Å². The van der Waals surface area contributed by atoms with Gasteiger partial charge in [-0.15, -0.1) is 0 Å². The van der Waals surface area contributed by atoms with Crippen LogP contribution in [-0.2, 0) is 9.36 Å². The van der Waals surface area contributed by atoms with Gasteiger partial charge in [-0.1, -0.05) is 49.0 Å². The highest BCUT2D eigenvalue weighted by Crippen LogP contribution is 2.45. The molecule has 3 heterocycles. The summed E-state index contributed by atoms with van der Waals surface area (Å²) < 4.78 is 28.3. The molecule has 7 nitrogen and oxygen atoms in total. The number of fused-ring (bicyclic) bond motifs is 1. The molecule has 0 N–H and O–H groups in total. The second-order valence-electron chi connectivity index (χ2n) is 10.7. The normalized spacial score (nSPS) is 19.1. The van der Waals surface area contributed by atoms with Crippen LogP contribution < -0.4 is 10.2 Å². The quantitative estimate of drug-likeness (QED) is 0.264. The van der Waals surface area contributed by atoms with E-state index >= 15 is 0 Å². The van der Waals surface area contributed by atoms with Crippen molar-refractivity contribution in [3.63, 3.8) is 0 Å². The van der Waals surface area contributed by atoms with Gasteiger partial charge in [0.15, 0.2) is 5.82 Å². The molecular weight excluding hydrogens is 560 g/mol. The van der Waals surface area contributed by atoms with Crippen LogP contribution in [-0.4, -0.2) is 65.0 Å². The molecule has 1 saturated heterocycles. The Morgan fingerprint density at radius 1 is 1.07 bits per heavy atom. The highest BCUT2D eigenvalue weighted by atomic mass is 35.5. The Hall–Kier alpha value is -3.74. The number of pyridine rings is 1. The van der Waals surface area contributed by atoms with Crippen molar-refractivity contribution in [2.45, 2.75) is 25.9 Å². The van der Waals surface area contributed by atoms with Crippen LogP contribution >= 0.6 is 18.7 Å². The number of halogens is 2. The van der Waals surface area contributed by atoms with Crippen molar-refractivity contribution < 1.29 is 13.8 Å². The summed E-state index contributed by atoms with van der Waals surface area (Å²) in [6, 6.07) is 15.3. The van der Waals surface area contributed by atoms with Crippen LogP contribution in [0.1, 0.15) is 19.4 Å². The molecule has 212 valence electrons. The van der Waals surface area contributed by atoms with E-state index in [0.717, 1.165) is 0 Å². The molecule has 10 heteroatoms. The summed E-state index contributed by atoms with van der Waals surface area (Å²) in [6.07, 6.45) is 1.33. The maximum Gasteiger partial charge on any atom is 0.246 e. The molecule has 1 amide bonds. The van der Waals surface area contributed by atoms with Gasteiger partial charge in [0, 0.05) is 36.0 Å². The molecule has 2 atom stereocenters. The first-order valence-corrected chi connectivity index (χ1v) is 16.3. The molecule has 1 fully saturated rings. The average molecular weight is 592 g/mol. The zero-order valence-corrected chi connectivity index (χ0v) is 25.2. The Kier molecular flexibility index (Phi) is 7.66. The summed E-state index contributed by atoms with van der Waals surface area (Å²) in [6.45, 7) is 16.3. The van der Waals surface area contributed by atoms with E-state index in [4.69, 9.17) is 21.6 Å². The largest absolute Gasteiger partial charge is 0.349 e. The van der Waals surface area contributed by atoms with Gasteiger partial charge >= 0.3 is 0 Å². The molecular formula is C31H32ClFN5O2P. The van der Waals surface area contributed by atoms with Gasteiger partial charge in [0.05, 0.1) is 22.0 Å². The first-order chi connectivity index (χ1) is 19.4. The first kappa shape index (κ1) is 28.8. The van der Waals surface area contributed by atoms with Gasteiger partial charge in [-0.05, 0) is 63.6 Å². The summed E-state index contributed by atoms with van der Waals surface area (Å²) in [5, 5.41) is 0.911. The fourth-order valence-corrected chi connectivity index (χ4v) is 6.86. The third kappa shape index (κ3) is 5.22. The van der Waals surface area contributed by atoms with E-state index in [1.807, 2.05) is 38.1 Å². The number of rotatable bonds is 4. The maximum atomic E-state index is 15.0. The molecule has 2 aliphatic heterocycles. The number of aliphatic imine (C=N–C) groups is 1. The lowest BCUT2D eigenvalue weighted by Crippen LogP contribution is -2.59. The van der Waals surface area contributed by atoms with Crippen molar-refractivity contribution in [2.75, 3.05) is 31.3 Å². The molecule has 5 rings (SSSR count). The van der Waals surface area contributed by atoms with E-state index in [2.05, 4.69) is 18.1 Å². The predicted octanol–water partition coefficient (Wildman–Crippen LogP) is 6.27. The fraction of sp³-hybridized carbons (Fsp3) is 0.258. The summed E-state index contributed by atoms with van der Waals surface area (Å²) >= 11 is 6.80. The molecule has 2 aliphatic rings. The molecule has 41 heavy (non-hydrogen) atoms. The highest BCUT2D eigenvalue weighted by Gasteiger charge is 2.38. The monoisotopic (exact) mass is 591 g/mol. The zero-order chi connectivity index (χ0) is 29.6. The lowest BCUT2D eigenvalue weighted by atomic mass is 10.0. The smallest absolute Gasteiger partial charge is 0.246 e. The van der Waals surface area contributed by atoms with E-state index in [1.165, 1.54) is 12.1 Å². The Morgan fingerprint density at radius 2 is 1.76 bits per heavy atom. The first-order valence-electron chi connectivity index (χ1n) is 13.3. The minimum absolute atomic E-state index is 0.0927. The van der Waals surface area contributed by atoms with Crippen molar-refractivity contribution in [3.05, 3.63) is 96.1 Å². The number of nitrogens with zero attached hydrogens (tertiary/aromatic N) is 5. The van der Waals surface area contributed by atoms with Crippen LogP contribution in [0, 0.1) is 5.82 Å². The number of hydrogen-bond acceptors (Lipinski definition) is 6. The van der Waals surface area contributed by atoms with Gasteiger partial charge in [-0.25, -0.2) is 14.4 Å². The molecule has 1 aromatic heterocycles. The van der Waals surface area contributed by atoms with Crippen molar-refractivity contribution in [3.8, 4) is 11.3 Å². The Bertz CT molecular complexity index is 1650. The third-order valence-electron chi connectivity index (χ3n) is 7.45. The second kappa shape index (κ2) is 10.9. The fourth-order valence-electron chi connectivity index (χ4n) is 5.44. The molecule has 2 unspecified atom stereocenters. The number of anilines is 2. The number of hydrogen-bond donors (Lipinski definition) is 0. The van der Waals surface area contributed by atoms with Crippen molar-refractivity contribution >= 4 is 47.3 Å². The van der Waals surface area contributed by atoms with Gasteiger partial charge in [-0.3, -0.25) is 9.69 Å². The van der Waals surface area contributed by atoms with E-state index in [9.17, 15) is 13.8 Å². The summed E-state index contributed by atoms with van der Waals surface area (Å²) in [7, 11) is -2.73. The van der Waals surface area contributed by atoms with E-state index in [-0.39, 0.29) is 34.3 Å². The molecule has 0 bridgehead atoms. The van der Waals surface area contributed by atoms with Gasteiger partial charge in [0.2, 0.25) is 5.91 Å². The third-order valence-corrected chi connectivity index (χ3v) is 9.28. The molecule has 3 aromatic rings. The van der Waals surface area contributed by atoms with Crippen LogP contribution in [0.4, 0.5) is 15.9 Å². The summed E-state index contributed by atoms with van der Waals surface area (Å²) in [4.78, 5) is 28.0. The van der Waals surface area contributed by atoms with Crippen LogP contribution in [0.5, 0.6) is 0 Å². The standard InChI is InChI=1S/C31H32ClFN5O2P/c1-7-28(39)36-17-20(3)37(18-19(36)2)30-23-16-24(32)29(22-12-8-9-13-25(22)33)35-31(23)38(21(4)34-30)26-14-10-11-15-27(26)41(5,6)40/h7-16,19-20H,1,4,17-18H2,2-3,5-6H3. The molecule has 2 aromatic carbocycles. The molecule has 0 spiro atoms. The lowest BCUT2D eigenvalue weighted by molar-refractivity contribution is -0.130. The number of para-hydroxylation sites is 1. The predicted molar refractivity (Wildman–Crippen MR) is 166 cm³/mol. The van der Waals surface area contributed by atoms with Gasteiger partial charge in [0.25, 0.3) is 0 Å². The Balaban J connectivity index is 1.72. The zero-order valence-electron chi connectivity index (χ0n) is 23.5. The highest BCUT2D eigenvalue weighted by molar-refractivity contribution is 7.70. The van der Waals surface area contributed by atoms with Gasteiger partial charge < -0.3 is 14.4 Å². The SMILES string of the molecule is C=CC(=O)N1CC(C)N(C2=NC(=C)N(c3ccccc3P(C)(C)=O)c3nc(-c4ccccc4F)c(Cl)cc32)CC1C. The van der Waals surface area contributed by atoms with Gasteiger partial charge in [-0.2, -0.15) is 0 Å². The molecule has 0 radical (unpaired) electrons. The number of carbonyl (C=O) groups excluding carboxylic acids is 1. The summed E-state index contributed by atoms with van der Waals surface area (Å²) in [5.74, 6) is 0.856. The number of piperazine rings is 1. The lowest BCUT2D eigenvalue weighted by Gasteiger charge is -2.46. The van der Waals surface area contributed by atoms with Crippen molar-refractivity contribution in [1.82, 2.24) is 14.8 Å². The minimum Gasteiger partial charge on any atom is -0.349 e. The minimum atomic E-state index is -2.73. The van der Waals surface area contributed by atoms with E-state index in [1.54, 1.807) is 47.4 Å². The van der Waals surface area contributed by atoms with E-state index < -0.39 is 13.0 Å².